The molecule has 3 nitrogen and oxygen atoms in total. The maximum atomic E-state index is 6.10. The van der Waals surface area contributed by atoms with E-state index in [1.54, 1.807) is 0 Å². The first-order valence-electron chi connectivity index (χ1n) is 6.99. The van der Waals surface area contributed by atoms with Crippen LogP contribution in [0.15, 0.2) is 0 Å². The van der Waals surface area contributed by atoms with E-state index in [0.717, 1.165) is 25.9 Å². The molecular formula is C15H28N2O. The van der Waals surface area contributed by atoms with Gasteiger partial charge in [-0.3, -0.25) is 11.3 Å². The first-order chi connectivity index (χ1) is 8.49. The summed E-state index contributed by atoms with van der Waals surface area (Å²) in [6.07, 6.45) is 5.26. The number of hydrazine groups is 1. The van der Waals surface area contributed by atoms with Gasteiger partial charge >= 0.3 is 0 Å². The van der Waals surface area contributed by atoms with Crippen LogP contribution >= 0.6 is 0 Å². The zero-order valence-corrected chi connectivity index (χ0v) is 12.3. The molecule has 0 aliphatic heterocycles. The number of nitrogens with two attached hydrogens (primary N) is 1. The van der Waals surface area contributed by atoms with Crippen LogP contribution in [0.3, 0.4) is 0 Å². The summed E-state index contributed by atoms with van der Waals surface area (Å²) in [5.41, 5.74) is 3.22. The lowest BCUT2D eigenvalue weighted by Crippen LogP contribution is -2.57. The summed E-state index contributed by atoms with van der Waals surface area (Å²) in [5, 5.41) is 0. The summed E-state index contributed by atoms with van der Waals surface area (Å²) < 4.78 is 6.10. The fraction of sp³-hybridized carbons (Fsp3) is 0.867. The van der Waals surface area contributed by atoms with Gasteiger partial charge in [-0.25, -0.2) is 0 Å². The zero-order valence-electron chi connectivity index (χ0n) is 12.3. The number of hydrogen-bond acceptors (Lipinski definition) is 3. The van der Waals surface area contributed by atoms with Crippen LogP contribution in [0.1, 0.15) is 59.8 Å². The van der Waals surface area contributed by atoms with E-state index < -0.39 is 0 Å². The molecule has 3 N–H and O–H groups in total. The molecule has 1 saturated carbocycles. The molecule has 0 aromatic rings. The van der Waals surface area contributed by atoms with E-state index in [4.69, 9.17) is 10.6 Å². The van der Waals surface area contributed by atoms with Gasteiger partial charge in [0, 0.05) is 13.0 Å². The van der Waals surface area contributed by atoms with Gasteiger partial charge in [-0.1, -0.05) is 13.8 Å². The molecule has 0 spiro atoms. The molecule has 1 atom stereocenters. The van der Waals surface area contributed by atoms with Crippen LogP contribution < -0.4 is 11.3 Å². The average Bonchev–Trinajstić information content (AvgIpc) is 2.34. The molecule has 0 heterocycles. The topological polar surface area (TPSA) is 47.3 Å². The van der Waals surface area contributed by atoms with Crippen molar-refractivity contribution in [1.82, 2.24) is 5.43 Å². The van der Waals surface area contributed by atoms with E-state index in [-0.39, 0.29) is 11.6 Å². The quantitative estimate of drug-likeness (QED) is 0.449. The summed E-state index contributed by atoms with van der Waals surface area (Å²) in [5.74, 6) is 11.8. The molecule has 1 fully saturated rings. The Kier molecular flexibility index (Phi) is 5.65. The maximum Gasteiger partial charge on any atom is 0.0857 e. The molecule has 0 aromatic heterocycles. The third-order valence-corrected chi connectivity index (χ3v) is 4.20. The molecule has 104 valence electrons. The molecule has 0 bridgehead atoms. The molecule has 0 aromatic carbocycles. The molecule has 1 unspecified atom stereocenters. The minimum absolute atomic E-state index is 0.126. The average molecular weight is 252 g/mol. The van der Waals surface area contributed by atoms with E-state index in [9.17, 15) is 0 Å². The minimum atomic E-state index is -0.136. The zero-order chi connectivity index (χ0) is 13.6. The van der Waals surface area contributed by atoms with Crippen molar-refractivity contribution in [2.75, 3.05) is 6.61 Å². The van der Waals surface area contributed by atoms with Crippen molar-refractivity contribution in [2.45, 2.75) is 71.4 Å². The van der Waals surface area contributed by atoms with Crippen molar-refractivity contribution in [3.05, 3.63) is 0 Å². The molecule has 3 heteroatoms. The highest BCUT2D eigenvalue weighted by Crippen LogP contribution is 2.44. The number of nitrogens with one attached hydrogen (secondary N) is 1. The Morgan fingerprint density at radius 3 is 2.33 bits per heavy atom. The molecule has 1 aliphatic rings. The molecule has 0 saturated heterocycles. The molecular weight excluding hydrogens is 224 g/mol. The summed E-state index contributed by atoms with van der Waals surface area (Å²) in [4.78, 5) is 0. The second-order valence-corrected chi connectivity index (χ2v) is 6.01. The van der Waals surface area contributed by atoms with Gasteiger partial charge in [0.25, 0.3) is 0 Å². The Balaban J connectivity index is 2.81. The van der Waals surface area contributed by atoms with Crippen LogP contribution in [0.4, 0.5) is 0 Å². The highest BCUT2D eigenvalue weighted by atomic mass is 16.5. The highest BCUT2D eigenvalue weighted by Gasteiger charge is 2.44. The monoisotopic (exact) mass is 252 g/mol. The number of ether oxygens (including phenoxy) is 1. The van der Waals surface area contributed by atoms with Crippen molar-refractivity contribution < 1.29 is 4.74 Å². The summed E-state index contributed by atoms with van der Waals surface area (Å²) >= 11 is 0. The Hall–Kier alpha value is -0.560. The van der Waals surface area contributed by atoms with Crippen LogP contribution in [-0.4, -0.2) is 18.2 Å². The predicted octanol–water partition coefficient (Wildman–Crippen LogP) is 2.61. The van der Waals surface area contributed by atoms with E-state index in [1.807, 2.05) is 6.92 Å². The Morgan fingerprint density at radius 2 is 1.89 bits per heavy atom. The van der Waals surface area contributed by atoms with Gasteiger partial charge in [-0.05, 0) is 44.9 Å². The lowest BCUT2D eigenvalue weighted by atomic mass is 9.68. The largest absolute Gasteiger partial charge is 0.374 e. The smallest absolute Gasteiger partial charge is 0.0857 e. The lowest BCUT2D eigenvalue weighted by molar-refractivity contribution is -0.105. The van der Waals surface area contributed by atoms with E-state index >= 15 is 0 Å². The maximum absolute atomic E-state index is 6.10. The predicted molar refractivity (Wildman–Crippen MR) is 75.8 cm³/mol. The van der Waals surface area contributed by atoms with Gasteiger partial charge < -0.3 is 4.74 Å². The normalized spacial score (nSPS) is 22.9. The van der Waals surface area contributed by atoms with Gasteiger partial charge in [0.2, 0.25) is 0 Å². The Morgan fingerprint density at radius 1 is 1.28 bits per heavy atom. The van der Waals surface area contributed by atoms with E-state index in [0.29, 0.717) is 5.41 Å². The second kappa shape index (κ2) is 6.56. The molecule has 18 heavy (non-hydrogen) atoms. The summed E-state index contributed by atoms with van der Waals surface area (Å²) in [6.45, 7) is 9.32. The van der Waals surface area contributed by atoms with Gasteiger partial charge in [-0.15, -0.1) is 11.8 Å². The van der Waals surface area contributed by atoms with Crippen molar-refractivity contribution in [1.29, 1.82) is 0 Å². The van der Waals surface area contributed by atoms with E-state index in [2.05, 4.69) is 38.0 Å². The van der Waals surface area contributed by atoms with Crippen molar-refractivity contribution in [3.8, 4) is 11.8 Å². The van der Waals surface area contributed by atoms with Crippen LogP contribution in [0.2, 0.25) is 0 Å². The lowest BCUT2D eigenvalue weighted by Gasteiger charge is -2.47. The standard InChI is InChI=1S/C15H28N2O/c1-5-7-8-13(17-16)15(18-6-2)11-9-14(3,4)10-12-15/h13,17H,6,8-12,16H2,1-4H3. The van der Waals surface area contributed by atoms with Crippen LogP contribution in [0.25, 0.3) is 0 Å². The third-order valence-electron chi connectivity index (χ3n) is 4.20. The van der Waals surface area contributed by atoms with Crippen LogP contribution in [0, 0.1) is 17.3 Å². The van der Waals surface area contributed by atoms with E-state index in [1.165, 1.54) is 12.8 Å². The molecule has 1 aliphatic carbocycles. The van der Waals surface area contributed by atoms with Crippen molar-refractivity contribution in [2.24, 2.45) is 11.3 Å². The summed E-state index contributed by atoms with van der Waals surface area (Å²) in [6, 6.07) is 0.126. The van der Waals surface area contributed by atoms with Crippen LogP contribution in [-0.2, 0) is 4.74 Å². The fourth-order valence-corrected chi connectivity index (χ4v) is 2.83. The molecule has 0 radical (unpaired) electrons. The molecule has 0 amide bonds. The third kappa shape index (κ3) is 3.71. The summed E-state index contributed by atoms with van der Waals surface area (Å²) in [7, 11) is 0. The second-order valence-electron chi connectivity index (χ2n) is 6.01. The number of hydrogen-bond donors (Lipinski definition) is 2. The van der Waals surface area contributed by atoms with Gasteiger partial charge in [0.1, 0.15) is 0 Å². The minimum Gasteiger partial charge on any atom is -0.374 e. The first-order valence-corrected chi connectivity index (χ1v) is 6.99. The molecule has 1 rings (SSSR count). The van der Waals surface area contributed by atoms with Gasteiger partial charge in [0.15, 0.2) is 0 Å². The van der Waals surface area contributed by atoms with Crippen molar-refractivity contribution in [3.63, 3.8) is 0 Å². The van der Waals surface area contributed by atoms with Gasteiger partial charge in [0.05, 0.1) is 11.6 Å². The van der Waals surface area contributed by atoms with Crippen molar-refractivity contribution >= 4 is 0 Å². The fourth-order valence-electron chi connectivity index (χ4n) is 2.83. The van der Waals surface area contributed by atoms with Gasteiger partial charge in [-0.2, -0.15) is 0 Å². The van der Waals surface area contributed by atoms with Crippen LogP contribution in [0.5, 0.6) is 0 Å². The Bertz CT molecular complexity index is 304. The first kappa shape index (κ1) is 15.5. The highest BCUT2D eigenvalue weighted by molar-refractivity contribution is 5.06. The number of rotatable bonds is 5. The SMILES string of the molecule is CC#CCC(NN)C1(OCC)CCC(C)(C)CC1. The Labute approximate surface area is 112 Å².